The van der Waals surface area contributed by atoms with Crippen LogP contribution in [0.15, 0.2) is 12.1 Å². The zero-order chi connectivity index (χ0) is 8.85. The number of rotatable bonds is 0. The molecular formula is C6H2ClF3Zn. The van der Waals surface area contributed by atoms with Crippen LogP contribution in [0.2, 0.25) is 0 Å². The molecule has 0 saturated carbocycles. The van der Waals surface area contributed by atoms with Crippen molar-refractivity contribution in [3.8, 4) is 0 Å². The maximum absolute atomic E-state index is 11.9. The van der Waals surface area contributed by atoms with Gasteiger partial charge in [-0.1, -0.05) is 0 Å². The molecule has 0 spiro atoms. The number of hydrogen-bond donors (Lipinski definition) is 0. The number of benzene rings is 1. The van der Waals surface area contributed by atoms with E-state index in [0.717, 1.165) is 17.3 Å². The van der Waals surface area contributed by atoms with E-state index in [9.17, 15) is 13.2 Å². The molecule has 0 bridgehead atoms. The summed E-state index contributed by atoms with van der Waals surface area (Å²) in [5.41, 5.74) is 0. The van der Waals surface area contributed by atoms with E-state index in [1.54, 1.807) is 6.07 Å². The van der Waals surface area contributed by atoms with Gasteiger partial charge in [-0.25, -0.2) is 13.2 Å². The fourth-order valence-electron chi connectivity index (χ4n) is 0.470. The van der Waals surface area contributed by atoms with Crippen molar-refractivity contribution in [2.75, 3.05) is 0 Å². The molecule has 0 aliphatic rings. The van der Waals surface area contributed by atoms with Crippen LogP contribution in [0.5, 0.6) is 0 Å². The number of halogens is 4. The quantitative estimate of drug-likeness (QED) is 0.476. The molecule has 0 unspecified atom stereocenters. The van der Waals surface area contributed by atoms with Gasteiger partial charge in [0.15, 0.2) is 0 Å². The van der Waals surface area contributed by atoms with Gasteiger partial charge in [0.25, 0.3) is 0 Å². The SMILES string of the molecule is Fc1[c-]c(F)cc(F)c1.[Cl][Zn+]. The van der Waals surface area contributed by atoms with Crippen LogP contribution in [0, 0.1) is 23.5 Å². The maximum atomic E-state index is 11.9. The van der Waals surface area contributed by atoms with Crippen LogP contribution in [0.3, 0.4) is 0 Å². The Bertz CT molecular complexity index is 179. The van der Waals surface area contributed by atoms with Crippen LogP contribution >= 0.6 is 9.69 Å². The van der Waals surface area contributed by atoms with E-state index in [0.29, 0.717) is 12.1 Å². The van der Waals surface area contributed by atoms with Crippen LogP contribution in [-0.2, 0) is 17.3 Å². The van der Waals surface area contributed by atoms with Crippen LogP contribution in [0.1, 0.15) is 0 Å². The van der Waals surface area contributed by atoms with Crippen molar-refractivity contribution in [1.82, 2.24) is 0 Å². The van der Waals surface area contributed by atoms with E-state index in [2.05, 4.69) is 0 Å². The monoisotopic (exact) mass is 230 g/mol. The second kappa shape index (κ2) is 5.56. The van der Waals surface area contributed by atoms with Crippen molar-refractivity contribution in [2.45, 2.75) is 0 Å². The molecule has 0 heterocycles. The first-order chi connectivity index (χ1) is 5.18. The van der Waals surface area contributed by atoms with Gasteiger partial charge >= 0.3 is 27.0 Å². The Kier molecular flexibility index (Phi) is 5.52. The minimum absolute atomic E-state index is 0.559. The second-order valence-corrected chi connectivity index (χ2v) is 1.49. The Morgan fingerprint density at radius 2 is 1.45 bits per heavy atom. The van der Waals surface area contributed by atoms with Gasteiger partial charge < -0.3 is 0 Å². The van der Waals surface area contributed by atoms with E-state index in [4.69, 9.17) is 9.69 Å². The van der Waals surface area contributed by atoms with Crippen LogP contribution in [-0.4, -0.2) is 0 Å². The van der Waals surface area contributed by atoms with Gasteiger partial charge in [0.2, 0.25) is 0 Å². The fourth-order valence-corrected chi connectivity index (χ4v) is 0.470. The van der Waals surface area contributed by atoms with Gasteiger partial charge in [-0.3, -0.25) is 0 Å². The summed E-state index contributed by atoms with van der Waals surface area (Å²) in [6, 6.07) is 2.75. The minimum atomic E-state index is -1.02. The fraction of sp³-hybridized carbons (Fsp3) is 0. The van der Waals surface area contributed by atoms with Gasteiger partial charge in [-0.15, -0.1) is 18.2 Å². The second-order valence-electron chi connectivity index (χ2n) is 1.49. The van der Waals surface area contributed by atoms with Crippen molar-refractivity contribution in [3.63, 3.8) is 0 Å². The van der Waals surface area contributed by atoms with Gasteiger partial charge in [0.1, 0.15) is 0 Å². The molecular weight excluding hydrogens is 230 g/mol. The third-order valence-corrected chi connectivity index (χ3v) is 0.768. The molecule has 1 rings (SSSR count). The average Bonchev–Trinajstić information content (AvgIpc) is 1.88. The molecule has 0 nitrogen and oxygen atoms in total. The molecule has 0 aliphatic heterocycles. The van der Waals surface area contributed by atoms with Crippen LogP contribution in [0.25, 0.3) is 0 Å². The van der Waals surface area contributed by atoms with Crippen LogP contribution in [0.4, 0.5) is 13.2 Å². The van der Waals surface area contributed by atoms with Gasteiger partial charge in [0, 0.05) is 17.5 Å². The molecule has 0 aromatic heterocycles. The third kappa shape index (κ3) is 4.38. The topological polar surface area (TPSA) is 0 Å². The summed E-state index contributed by atoms with van der Waals surface area (Å²) in [4.78, 5) is 0. The molecule has 5 heteroatoms. The molecule has 0 N–H and O–H groups in total. The normalized spacial score (nSPS) is 8.55. The Morgan fingerprint density at radius 3 is 1.73 bits per heavy atom. The van der Waals surface area contributed by atoms with Crippen molar-refractivity contribution < 1.29 is 30.5 Å². The summed E-state index contributed by atoms with van der Waals surface area (Å²) in [7, 11) is 4.76. The zero-order valence-corrected chi connectivity index (χ0v) is 9.10. The van der Waals surface area contributed by atoms with E-state index in [1.807, 2.05) is 0 Å². The Labute approximate surface area is 76.1 Å². The Balaban J connectivity index is 0.000000461. The van der Waals surface area contributed by atoms with E-state index >= 15 is 0 Å². The molecule has 0 atom stereocenters. The summed E-state index contributed by atoms with van der Waals surface area (Å²) in [5, 5.41) is 0. The Morgan fingerprint density at radius 1 is 1.09 bits per heavy atom. The van der Waals surface area contributed by atoms with Crippen LogP contribution < -0.4 is 0 Å². The molecule has 0 amide bonds. The van der Waals surface area contributed by atoms with E-state index in [-0.39, 0.29) is 0 Å². The van der Waals surface area contributed by atoms with Gasteiger partial charge in [0.05, 0.1) is 0 Å². The summed E-state index contributed by atoms with van der Waals surface area (Å²) >= 11 is 0.847. The first kappa shape index (κ1) is 10.9. The predicted octanol–water partition coefficient (Wildman–Crippen LogP) is 2.59. The first-order valence-corrected chi connectivity index (χ1v) is 6.39. The van der Waals surface area contributed by atoms with Gasteiger partial charge in [-0.2, -0.15) is 0 Å². The summed E-state index contributed by atoms with van der Waals surface area (Å²) in [6.45, 7) is 0. The summed E-state index contributed by atoms with van der Waals surface area (Å²) in [6.07, 6.45) is 0. The first-order valence-electron chi connectivity index (χ1n) is 2.49. The summed E-state index contributed by atoms with van der Waals surface area (Å²) in [5.74, 6) is -2.97. The zero-order valence-electron chi connectivity index (χ0n) is 5.37. The van der Waals surface area contributed by atoms with Gasteiger partial charge in [-0.05, 0) is 0 Å². The number of hydrogen-bond acceptors (Lipinski definition) is 0. The van der Waals surface area contributed by atoms with Crippen molar-refractivity contribution >= 4 is 9.69 Å². The van der Waals surface area contributed by atoms with Crippen molar-refractivity contribution in [1.29, 1.82) is 0 Å². The van der Waals surface area contributed by atoms with E-state index in [1.165, 1.54) is 0 Å². The average molecular weight is 232 g/mol. The standard InChI is InChI=1S/C6H2F3.ClH.Zn/c7-4-1-5(8)3-6(9)2-4;;/h1-2H;1H;/q-1;;+2/p-1. The Hall–Kier alpha value is -0.0766. The predicted molar refractivity (Wildman–Crippen MR) is 31.0 cm³/mol. The molecule has 0 radical (unpaired) electrons. The molecule has 0 saturated heterocycles. The molecule has 0 fully saturated rings. The molecule has 1 aromatic carbocycles. The molecule has 0 aliphatic carbocycles. The molecule has 1 aromatic rings. The molecule has 11 heavy (non-hydrogen) atoms. The molecule has 56 valence electrons. The third-order valence-electron chi connectivity index (χ3n) is 0.768. The summed E-state index contributed by atoms with van der Waals surface area (Å²) < 4.78 is 35.7. The van der Waals surface area contributed by atoms with Crippen molar-refractivity contribution in [2.24, 2.45) is 0 Å². The van der Waals surface area contributed by atoms with Crippen molar-refractivity contribution in [3.05, 3.63) is 35.7 Å². The van der Waals surface area contributed by atoms with E-state index < -0.39 is 17.5 Å².